The van der Waals surface area contributed by atoms with Crippen LogP contribution in [0.4, 0.5) is 0 Å². The summed E-state index contributed by atoms with van der Waals surface area (Å²) in [6.07, 6.45) is 0.743. The molecule has 0 saturated heterocycles. The van der Waals surface area contributed by atoms with Crippen molar-refractivity contribution in [1.29, 1.82) is 0 Å². The third kappa shape index (κ3) is 2.69. The molecule has 25 heavy (non-hydrogen) atoms. The molecule has 3 rings (SSSR count). The lowest BCUT2D eigenvalue weighted by Gasteiger charge is -2.34. The van der Waals surface area contributed by atoms with Crippen molar-refractivity contribution >= 4 is 29.0 Å². The first-order valence-electron chi connectivity index (χ1n) is 7.43. The van der Waals surface area contributed by atoms with Gasteiger partial charge in [0.25, 0.3) is 5.78 Å². The molecule has 0 bridgehead atoms. The SMILES string of the molecule is C=CCc1cccc2c1O[C@@H](c1ccccc1Cl)[C@](Cl)([N+](=O)[O-])C2=O. The van der Waals surface area contributed by atoms with E-state index >= 15 is 0 Å². The van der Waals surface area contributed by atoms with Gasteiger partial charge in [0.1, 0.15) is 5.75 Å². The average Bonchev–Trinajstić information content (AvgIpc) is 2.59. The van der Waals surface area contributed by atoms with Crippen molar-refractivity contribution in [3.63, 3.8) is 0 Å². The maximum atomic E-state index is 12.9. The smallest absolute Gasteiger partial charge is 0.397 e. The number of benzene rings is 2. The third-order valence-electron chi connectivity index (χ3n) is 4.06. The van der Waals surface area contributed by atoms with E-state index in [4.69, 9.17) is 27.9 Å². The highest BCUT2D eigenvalue weighted by Crippen LogP contribution is 2.48. The standard InChI is InChI=1S/C18H13Cl2NO4/c1-2-6-11-7-5-9-13-15(11)25-17(12-8-3-4-10-14(12)19)18(20,16(13)22)21(23)24/h2-5,7-10,17H,1,6H2/t17-,18+/m0/s1. The molecule has 128 valence electrons. The molecule has 7 heteroatoms. The van der Waals surface area contributed by atoms with E-state index in [1.165, 1.54) is 6.07 Å². The number of ether oxygens (including phenoxy) is 1. The molecule has 1 aliphatic heterocycles. The Labute approximate surface area is 154 Å². The summed E-state index contributed by atoms with van der Waals surface area (Å²) in [4.78, 5) is 21.3. The molecular formula is C18H13Cl2NO4. The number of ketones is 1. The van der Waals surface area contributed by atoms with Gasteiger partial charge in [-0.3, -0.25) is 14.9 Å². The van der Waals surface area contributed by atoms with Crippen LogP contribution in [0.2, 0.25) is 5.02 Å². The molecule has 0 amide bonds. The number of hydrogen-bond acceptors (Lipinski definition) is 4. The highest BCUT2D eigenvalue weighted by molar-refractivity contribution is 6.38. The van der Waals surface area contributed by atoms with E-state index in [-0.39, 0.29) is 21.9 Å². The van der Waals surface area contributed by atoms with E-state index in [1.807, 2.05) is 0 Å². The van der Waals surface area contributed by atoms with Gasteiger partial charge in [0.15, 0.2) is 0 Å². The minimum Gasteiger partial charge on any atom is -0.475 e. The first-order valence-corrected chi connectivity index (χ1v) is 8.19. The fourth-order valence-corrected chi connectivity index (χ4v) is 3.36. The summed E-state index contributed by atoms with van der Waals surface area (Å²) in [6.45, 7) is 3.68. The van der Waals surface area contributed by atoms with Gasteiger partial charge in [-0.05, 0) is 35.7 Å². The summed E-state index contributed by atoms with van der Waals surface area (Å²) in [7, 11) is 0. The van der Waals surface area contributed by atoms with Gasteiger partial charge in [-0.15, -0.1) is 6.58 Å². The van der Waals surface area contributed by atoms with Crippen LogP contribution in [0.15, 0.2) is 55.1 Å². The van der Waals surface area contributed by atoms with Gasteiger partial charge in [0, 0.05) is 10.6 Å². The zero-order valence-electron chi connectivity index (χ0n) is 12.9. The molecule has 0 aliphatic carbocycles. The van der Waals surface area contributed by atoms with E-state index in [0.29, 0.717) is 12.0 Å². The second-order valence-electron chi connectivity index (χ2n) is 5.57. The van der Waals surface area contributed by atoms with E-state index in [1.54, 1.807) is 42.5 Å². The van der Waals surface area contributed by atoms with Crippen molar-refractivity contribution < 1.29 is 14.5 Å². The second-order valence-corrected chi connectivity index (χ2v) is 6.55. The molecule has 2 aromatic rings. The molecule has 0 spiro atoms. The Morgan fingerprint density at radius 3 is 2.64 bits per heavy atom. The number of carbonyl (C=O) groups is 1. The van der Waals surface area contributed by atoms with Gasteiger partial charge in [0.05, 0.1) is 10.5 Å². The fourth-order valence-electron chi connectivity index (χ4n) is 2.86. The predicted molar refractivity (Wildman–Crippen MR) is 95.1 cm³/mol. The van der Waals surface area contributed by atoms with Crippen molar-refractivity contribution in [1.82, 2.24) is 0 Å². The summed E-state index contributed by atoms with van der Waals surface area (Å²) >= 11 is 12.4. The highest BCUT2D eigenvalue weighted by atomic mass is 35.5. The summed E-state index contributed by atoms with van der Waals surface area (Å²) in [5.41, 5.74) is 1.05. The van der Waals surface area contributed by atoms with E-state index in [2.05, 4.69) is 6.58 Å². The quantitative estimate of drug-likeness (QED) is 0.256. The molecule has 0 N–H and O–H groups in total. The van der Waals surface area contributed by atoms with Crippen LogP contribution < -0.4 is 4.74 Å². The molecule has 2 atom stereocenters. The molecule has 0 radical (unpaired) electrons. The monoisotopic (exact) mass is 377 g/mol. The molecule has 1 heterocycles. The maximum absolute atomic E-state index is 12.9. The van der Waals surface area contributed by atoms with Gasteiger partial charge in [0.2, 0.25) is 6.10 Å². The number of carbonyl (C=O) groups excluding carboxylic acids is 1. The Morgan fingerprint density at radius 2 is 2.00 bits per heavy atom. The topological polar surface area (TPSA) is 69.4 Å². The molecule has 5 nitrogen and oxygen atoms in total. The van der Waals surface area contributed by atoms with Gasteiger partial charge in [-0.2, -0.15) is 0 Å². The lowest BCUT2D eigenvalue weighted by Crippen LogP contribution is -2.51. The van der Waals surface area contributed by atoms with Crippen LogP contribution in [-0.2, 0) is 6.42 Å². The maximum Gasteiger partial charge on any atom is 0.397 e. The molecular weight excluding hydrogens is 365 g/mol. The Morgan fingerprint density at radius 1 is 1.28 bits per heavy atom. The van der Waals surface area contributed by atoms with Crippen LogP contribution in [0.1, 0.15) is 27.6 Å². The first-order chi connectivity index (χ1) is 11.9. The number of fused-ring (bicyclic) bond motifs is 1. The fraction of sp³-hybridized carbons (Fsp3) is 0.167. The van der Waals surface area contributed by atoms with Gasteiger partial charge in [-0.25, -0.2) is 0 Å². The van der Waals surface area contributed by atoms with Crippen LogP contribution in [0.25, 0.3) is 0 Å². The van der Waals surface area contributed by atoms with Gasteiger partial charge in [-0.1, -0.05) is 48.0 Å². The zero-order chi connectivity index (χ0) is 18.2. The third-order valence-corrected chi connectivity index (χ3v) is 4.91. The van der Waals surface area contributed by atoms with Gasteiger partial charge >= 0.3 is 5.00 Å². The number of allylic oxidation sites excluding steroid dienone is 1. The highest BCUT2D eigenvalue weighted by Gasteiger charge is 2.62. The molecule has 2 aromatic carbocycles. The minimum absolute atomic E-state index is 0.0781. The average molecular weight is 378 g/mol. The van der Waals surface area contributed by atoms with Crippen LogP contribution in [0, 0.1) is 10.1 Å². The summed E-state index contributed by atoms with van der Waals surface area (Å²) in [6, 6.07) is 11.3. The minimum atomic E-state index is -2.50. The number of hydrogen-bond donors (Lipinski definition) is 0. The zero-order valence-corrected chi connectivity index (χ0v) is 14.5. The van der Waals surface area contributed by atoms with Crippen LogP contribution >= 0.6 is 23.2 Å². The second kappa shape index (κ2) is 6.50. The Kier molecular flexibility index (Phi) is 4.54. The lowest BCUT2D eigenvalue weighted by atomic mass is 9.89. The molecule has 1 aliphatic rings. The normalized spacial score (nSPS) is 22.0. The number of nitrogens with zero attached hydrogens (tertiary/aromatic N) is 1. The van der Waals surface area contributed by atoms with Crippen LogP contribution in [0.3, 0.4) is 0 Å². The summed E-state index contributed by atoms with van der Waals surface area (Å²) < 4.78 is 5.90. The largest absolute Gasteiger partial charge is 0.475 e. The molecule has 0 fully saturated rings. The van der Waals surface area contributed by atoms with E-state index in [9.17, 15) is 14.9 Å². The first kappa shape index (κ1) is 17.5. The Bertz CT molecular complexity index is 883. The molecule has 0 saturated carbocycles. The molecule has 0 aromatic heterocycles. The molecule has 0 unspecified atom stereocenters. The van der Waals surface area contributed by atoms with E-state index in [0.717, 1.165) is 0 Å². The Hall–Kier alpha value is -2.37. The Balaban J connectivity index is 2.25. The van der Waals surface area contributed by atoms with Crippen LogP contribution in [0.5, 0.6) is 5.75 Å². The van der Waals surface area contributed by atoms with E-state index < -0.39 is 21.8 Å². The summed E-state index contributed by atoms with van der Waals surface area (Å²) in [5, 5.41) is 11.9. The van der Waals surface area contributed by atoms with Crippen molar-refractivity contribution in [2.75, 3.05) is 0 Å². The number of Topliss-reactive ketones (excluding diaryl/α,β-unsaturated/α-hetero) is 1. The van der Waals surface area contributed by atoms with Crippen molar-refractivity contribution in [2.24, 2.45) is 0 Å². The van der Waals surface area contributed by atoms with Crippen molar-refractivity contribution in [2.45, 2.75) is 17.5 Å². The summed E-state index contributed by atoms with van der Waals surface area (Å²) in [5.74, 6) is -0.549. The number of rotatable bonds is 4. The van der Waals surface area contributed by atoms with Crippen LogP contribution in [-0.4, -0.2) is 15.7 Å². The number of para-hydroxylation sites is 1. The lowest BCUT2D eigenvalue weighted by molar-refractivity contribution is -0.536. The van der Waals surface area contributed by atoms with Crippen molar-refractivity contribution in [3.8, 4) is 5.75 Å². The number of nitro groups is 1. The van der Waals surface area contributed by atoms with Gasteiger partial charge < -0.3 is 4.74 Å². The van der Waals surface area contributed by atoms with Crippen molar-refractivity contribution in [3.05, 3.63) is 86.9 Å². The number of alkyl halides is 1. The number of halogens is 2. The predicted octanol–water partition coefficient (Wildman–Crippen LogP) is 4.60.